The summed E-state index contributed by atoms with van der Waals surface area (Å²) in [5.74, 6) is 0.318. The number of aryl methyl sites for hydroxylation is 1. The molecule has 20 heavy (non-hydrogen) atoms. The van der Waals surface area contributed by atoms with Gasteiger partial charge in [0.1, 0.15) is 17.7 Å². The van der Waals surface area contributed by atoms with Crippen molar-refractivity contribution in [2.75, 3.05) is 0 Å². The number of benzene rings is 2. The third kappa shape index (κ3) is 3.30. The van der Waals surface area contributed by atoms with E-state index in [1.54, 1.807) is 19.1 Å². The van der Waals surface area contributed by atoms with E-state index in [0.29, 0.717) is 10.8 Å². The maximum atomic E-state index is 13.1. The average Bonchev–Trinajstić information content (AvgIpc) is 2.39. The zero-order chi connectivity index (χ0) is 14.7. The predicted octanol–water partition coefficient (Wildman–Crippen LogP) is 4.25. The lowest BCUT2D eigenvalue weighted by Crippen LogP contribution is -2.29. The topological polar surface area (TPSA) is 35.2 Å². The number of hydrogen-bond donors (Lipinski definition) is 1. The summed E-state index contributed by atoms with van der Waals surface area (Å²) >= 11 is 6.20. The highest BCUT2D eigenvalue weighted by Gasteiger charge is 2.21. The highest BCUT2D eigenvalue weighted by atomic mass is 35.5. The van der Waals surface area contributed by atoms with Gasteiger partial charge in [-0.1, -0.05) is 29.8 Å². The predicted molar refractivity (Wildman–Crippen MR) is 79.6 cm³/mol. The fourth-order valence-electron chi connectivity index (χ4n) is 2.04. The smallest absolute Gasteiger partial charge is 0.140 e. The van der Waals surface area contributed by atoms with Crippen molar-refractivity contribution in [3.63, 3.8) is 0 Å². The van der Waals surface area contributed by atoms with Crippen molar-refractivity contribution in [1.82, 2.24) is 0 Å². The first-order valence-corrected chi connectivity index (χ1v) is 6.79. The molecule has 0 fully saturated rings. The molecule has 2 rings (SSSR count). The van der Waals surface area contributed by atoms with E-state index in [9.17, 15) is 4.39 Å². The maximum absolute atomic E-state index is 13.1. The second-order valence-corrected chi connectivity index (χ2v) is 5.24. The van der Waals surface area contributed by atoms with Gasteiger partial charge in [-0.2, -0.15) is 0 Å². The van der Waals surface area contributed by atoms with Crippen LogP contribution >= 0.6 is 11.6 Å². The van der Waals surface area contributed by atoms with Crippen LogP contribution in [0.15, 0.2) is 42.5 Å². The Hall–Kier alpha value is -1.58. The molecule has 0 amide bonds. The zero-order valence-corrected chi connectivity index (χ0v) is 12.2. The van der Waals surface area contributed by atoms with Crippen LogP contribution in [-0.2, 0) is 0 Å². The van der Waals surface area contributed by atoms with Crippen LogP contribution in [-0.4, -0.2) is 6.04 Å². The molecule has 2 nitrogen and oxygen atoms in total. The van der Waals surface area contributed by atoms with Gasteiger partial charge >= 0.3 is 0 Å². The lowest BCUT2D eigenvalue weighted by atomic mass is 10.0. The molecule has 2 aromatic rings. The summed E-state index contributed by atoms with van der Waals surface area (Å²) in [5.41, 5.74) is 7.56. The molecule has 0 saturated carbocycles. The summed E-state index contributed by atoms with van der Waals surface area (Å²) in [7, 11) is 0. The van der Waals surface area contributed by atoms with Gasteiger partial charge in [-0.15, -0.1) is 0 Å². The Balaban J connectivity index is 2.33. The van der Waals surface area contributed by atoms with Crippen LogP contribution in [0.3, 0.4) is 0 Å². The van der Waals surface area contributed by atoms with Gasteiger partial charge in [-0.25, -0.2) is 4.39 Å². The highest BCUT2D eigenvalue weighted by molar-refractivity contribution is 6.31. The molecule has 0 bridgehead atoms. The Labute approximate surface area is 123 Å². The number of rotatable bonds is 4. The van der Waals surface area contributed by atoms with E-state index in [1.165, 1.54) is 12.1 Å². The van der Waals surface area contributed by atoms with E-state index in [2.05, 4.69) is 0 Å². The summed E-state index contributed by atoms with van der Waals surface area (Å²) in [6.07, 6.45) is -0.382. The van der Waals surface area contributed by atoms with Crippen LogP contribution in [0, 0.1) is 12.7 Å². The van der Waals surface area contributed by atoms with E-state index in [1.807, 2.05) is 25.1 Å². The molecule has 2 N–H and O–H groups in total. The zero-order valence-electron chi connectivity index (χ0n) is 11.4. The van der Waals surface area contributed by atoms with E-state index < -0.39 is 0 Å². The minimum Gasteiger partial charge on any atom is -0.484 e. The quantitative estimate of drug-likeness (QED) is 0.914. The molecule has 0 aliphatic heterocycles. The maximum Gasteiger partial charge on any atom is 0.140 e. The SMILES string of the molecule is Cc1cc(F)ccc1OC(c1ccccc1Cl)C(C)N. The molecule has 0 aromatic heterocycles. The van der Waals surface area contributed by atoms with Crippen molar-refractivity contribution in [2.24, 2.45) is 5.73 Å². The van der Waals surface area contributed by atoms with Gasteiger partial charge in [0.25, 0.3) is 0 Å². The summed E-state index contributed by atoms with van der Waals surface area (Å²) in [5, 5.41) is 0.606. The number of halogens is 2. The Morgan fingerprint density at radius 1 is 1.20 bits per heavy atom. The summed E-state index contributed by atoms with van der Waals surface area (Å²) < 4.78 is 19.1. The van der Waals surface area contributed by atoms with Crippen LogP contribution in [0.2, 0.25) is 5.02 Å². The third-order valence-corrected chi connectivity index (χ3v) is 3.42. The monoisotopic (exact) mass is 293 g/mol. The van der Waals surface area contributed by atoms with Gasteiger partial charge in [0.05, 0.1) is 0 Å². The molecule has 0 heterocycles. The first kappa shape index (κ1) is 14.8. The molecule has 0 aliphatic carbocycles. The van der Waals surface area contributed by atoms with Crippen molar-refractivity contribution in [3.05, 3.63) is 64.4 Å². The summed E-state index contributed by atoms with van der Waals surface area (Å²) in [6, 6.07) is 11.6. The fourth-order valence-corrected chi connectivity index (χ4v) is 2.28. The first-order chi connectivity index (χ1) is 9.49. The van der Waals surface area contributed by atoms with Gasteiger partial charge in [0.15, 0.2) is 0 Å². The Kier molecular flexibility index (Phi) is 4.63. The van der Waals surface area contributed by atoms with Crippen LogP contribution in [0.1, 0.15) is 24.2 Å². The van der Waals surface area contributed by atoms with Gasteiger partial charge in [-0.05, 0) is 43.7 Å². The molecule has 4 heteroatoms. The van der Waals surface area contributed by atoms with Gasteiger partial charge in [-0.3, -0.25) is 0 Å². The minimum absolute atomic E-state index is 0.251. The average molecular weight is 294 g/mol. The van der Waals surface area contributed by atoms with Crippen molar-refractivity contribution >= 4 is 11.6 Å². The van der Waals surface area contributed by atoms with E-state index in [0.717, 1.165) is 11.1 Å². The molecule has 2 unspecified atom stereocenters. The number of ether oxygens (including phenoxy) is 1. The molecule has 106 valence electrons. The Morgan fingerprint density at radius 2 is 1.90 bits per heavy atom. The van der Waals surface area contributed by atoms with Gasteiger partial charge in [0.2, 0.25) is 0 Å². The van der Waals surface area contributed by atoms with Crippen LogP contribution in [0.25, 0.3) is 0 Å². The van der Waals surface area contributed by atoms with Crippen LogP contribution in [0.4, 0.5) is 4.39 Å². The number of hydrogen-bond acceptors (Lipinski definition) is 2. The molecule has 0 spiro atoms. The summed E-state index contributed by atoms with van der Waals surface area (Å²) in [4.78, 5) is 0. The minimum atomic E-state index is -0.382. The Morgan fingerprint density at radius 3 is 2.50 bits per heavy atom. The molecule has 0 saturated heterocycles. The van der Waals surface area contributed by atoms with E-state index in [4.69, 9.17) is 22.1 Å². The first-order valence-electron chi connectivity index (χ1n) is 6.42. The van der Waals surface area contributed by atoms with Crippen molar-refractivity contribution in [2.45, 2.75) is 26.0 Å². The van der Waals surface area contributed by atoms with E-state index in [-0.39, 0.29) is 18.0 Å². The standard InChI is InChI=1S/C16H17ClFNO/c1-10-9-12(18)7-8-15(10)20-16(11(2)19)13-5-3-4-6-14(13)17/h3-9,11,16H,19H2,1-2H3. The van der Waals surface area contributed by atoms with Gasteiger partial charge in [0, 0.05) is 16.6 Å². The van der Waals surface area contributed by atoms with Crippen LogP contribution in [0.5, 0.6) is 5.75 Å². The summed E-state index contributed by atoms with van der Waals surface area (Å²) in [6.45, 7) is 3.65. The molecular weight excluding hydrogens is 277 g/mol. The second kappa shape index (κ2) is 6.25. The third-order valence-electron chi connectivity index (χ3n) is 3.08. The van der Waals surface area contributed by atoms with Crippen molar-refractivity contribution < 1.29 is 9.13 Å². The molecule has 2 aromatic carbocycles. The van der Waals surface area contributed by atoms with Gasteiger partial charge < -0.3 is 10.5 Å². The normalized spacial score (nSPS) is 13.8. The molecule has 0 aliphatic rings. The largest absolute Gasteiger partial charge is 0.484 e. The van der Waals surface area contributed by atoms with E-state index >= 15 is 0 Å². The van der Waals surface area contributed by atoms with Crippen molar-refractivity contribution in [1.29, 1.82) is 0 Å². The Bertz CT molecular complexity index is 601. The van der Waals surface area contributed by atoms with Crippen LogP contribution < -0.4 is 10.5 Å². The molecule has 0 radical (unpaired) electrons. The molecular formula is C16H17ClFNO. The number of nitrogens with two attached hydrogens (primary N) is 1. The lowest BCUT2D eigenvalue weighted by molar-refractivity contribution is 0.179. The fraction of sp³-hybridized carbons (Fsp3) is 0.250. The highest BCUT2D eigenvalue weighted by Crippen LogP contribution is 2.31. The molecule has 2 atom stereocenters. The lowest BCUT2D eigenvalue weighted by Gasteiger charge is -2.24. The van der Waals surface area contributed by atoms with Crippen molar-refractivity contribution in [3.8, 4) is 5.75 Å². The second-order valence-electron chi connectivity index (χ2n) is 4.83.